The number of anilines is 1. The van der Waals surface area contributed by atoms with Crippen LogP contribution in [0.15, 0.2) is 30.3 Å². The molecule has 1 rings (SSSR count). The van der Waals surface area contributed by atoms with Gasteiger partial charge in [0.05, 0.1) is 0 Å². The first-order valence-corrected chi connectivity index (χ1v) is 12.1. The van der Waals surface area contributed by atoms with Crippen molar-refractivity contribution in [3.63, 3.8) is 0 Å². The van der Waals surface area contributed by atoms with Crippen molar-refractivity contribution in [2.75, 3.05) is 29.7 Å². The van der Waals surface area contributed by atoms with Crippen molar-refractivity contribution in [1.29, 1.82) is 0 Å². The van der Waals surface area contributed by atoms with Crippen molar-refractivity contribution >= 4 is 28.9 Å². The summed E-state index contributed by atoms with van der Waals surface area (Å²) >= 11 is 11.4. The fourth-order valence-electron chi connectivity index (χ4n) is 3.08. The number of para-hydroxylation sites is 1. The van der Waals surface area contributed by atoms with Crippen LogP contribution in [-0.4, -0.2) is 24.8 Å². The minimum atomic E-state index is 0.631. The van der Waals surface area contributed by atoms with Crippen LogP contribution >= 0.6 is 23.2 Å². The molecule has 0 atom stereocenters. The maximum atomic E-state index is 5.70. The summed E-state index contributed by atoms with van der Waals surface area (Å²) in [6, 6.07) is 10.2. The highest BCUT2D eigenvalue weighted by Crippen LogP contribution is 2.13. The lowest BCUT2D eigenvalue weighted by Gasteiger charge is -2.22. The maximum Gasteiger partial charge on any atom is 0.0399 e. The Bertz CT molecular complexity index is 389. The number of nitrogens with zero attached hydrogens (tertiary/aromatic N) is 1. The summed E-state index contributed by atoms with van der Waals surface area (Å²) in [6.07, 6.45) is 14.5. The van der Waals surface area contributed by atoms with Gasteiger partial charge >= 0.3 is 0 Å². The molecule has 3 heteroatoms. The van der Waals surface area contributed by atoms with Crippen LogP contribution in [0.4, 0.5) is 5.69 Å². The third-order valence-corrected chi connectivity index (χ3v) is 5.05. The zero-order chi connectivity index (χ0) is 20.2. The van der Waals surface area contributed by atoms with Crippen molar-refractivity contribution < 1.29 is 0 Å². The van der Waals surface area contributed by atoms with Crippen LogP contribution in [0, 0.1) is 5.92 Å². The summed E-state index contributed by atoms with van der Waals surface area (Å²) in [4.78, 5) is 2.18. The van der Waals surface area contributed by atoms with Gasteiger partial charge < -0.3 is 4.90 Å². The van der Waals surface area contributed by atoms with E-state index in [1.54, 1.807) is 0 Å². The van der Waals surface area contributed by atoms with Gasteiger partial charge in [-0.3, -0.25) is 0 Å². The van der Waals surface area contributed by atoms with Crippen LogP contribution in [-0.2, 0) is 0 Å². The lowest BCUT2D eigenvalue weighted by molar-refractivity contribution is 0.507. The van der Waals surface area contributed by atoms with E-state index in [9.17, 15) is 0 Å². The number of hydrogen-bond donors (Lipinski definition) is 0. The van der Waals surface area contributed by atoms with Gasteiger partial charge in [-0.2, -0.15) is 0 Å². The van der Waals surface area contributed by atoms with E-state index in [2.05, 4.69) is 37.8 Å². The molecule has 0 saturated carbocycles. The smallest absolute Gasteiger partial charge is 0.0399 e. The minimum Gasteiger partial charge on any atom is -0.369 e. The third kappa shape index (κ3) is 17.4. The fraction of sp³-hybridized carbons (Fsp3) is 0.750. The molecular formula is C24H43Cl2N. The van der Waals surface area contributed by atoms with Crippen LogP contribution in [0.2, 0.25) is 0 Å². The van der Waals surface area contributed by atoms with Crippen molar-refractivity contribution in [2.45, 2.75) is 85.0 Å². The van der Waals surface area contributed by atoms with Crippen LogP contribution in [0.5, 0.6) is 0 Å². The van der Waals surface area contributed by atoms with Gasteiger partial charge in [-0.25, -0.2) is 0 Å². The zero-order valence-corrected chi connectivity index (χ0v) is 19.6. The van der Waals surface area contributed by atoms with Gasteiger partial charge in [0.25, 0.3) is 0 Å². The molecule has 1 nitrogen and oxygen atoms in total. The quantitative estimate of drug-likeness (QED) is 0.204. The molecule has 0 spiro atoms. The second-order valence-corrected chi connectivity index (χ2v) is 8.47. The van der Waals surface area contributed by atoms with E-state index in [0.29, 0.717) is 11.8 Å². The molecule has 0 aliphatic rings. The van der Waals surface area contributed by atoms with Crippen LogP contribution in [0.1, 0.15) is 85.0 Å². The van der Waals surface area contributed by atoms with E-state index < -0.39 is 0 Å². The molecular weight excluding hydrogens is 373 g/mol. The molecule has 0 radical (unpaired) electrons. The third-order valence-electron chi connectivity index (χ3n) is 4.72. The SMILES string of the molecule is CCCCCCCCCCCC(C)C.ClCCN(CCCl)c1ccccc1. The largest absolute Gasteiger partial charge is 0.369 e. The van der Waals surface area contributed by atoms with Gasteiger partial charge in [0.2, 0.25) is 0 Å². The Hall–Kier alpha value is -0.400. The van der Waals surface area contributed by atoms with E-state index in [4.69, 9.17) is 23.2 Å². The summed E-state index contributed by atoms with van der Waals surface area (Å²) in [6.45, 7) is 8.62. The average Bonchev–Trinajstić information content (AvgIpc) is 2.67. The highest BCUT2D eigenvalue weighted by molar-refractivity contribution is 6.18. The predicted molar refractivity (Wildman–Crippen MR) is 127 cm³/mol. The Morgan fingerprint density at radius 3 is 1.67 bits per heavy atom. The normalized spacial score (nSPS) is 10.6. The second kappa shape index (κ2) is 20.3. The Kier molecular flexibility index (Phi) is 20.0. The molecule has 1 aromatic rings. The molecule has 0 heterocycles. The van der Waals surface area contributed by atoms with Gasteiger partial charge in [0.15, 0.2) is 0 Å². The molecule has 27 heavy (non-hydrogen) atoms. The first kappa shape index (κ1) is 26.6. The monoisotopic (exact) mass is 415 g/mol. The van der Waals surface area contributed by atoms with Crippen molar-refractivity contribution in [2.24, 2.45) is 5.92 Å². The molecule has 0 unspecified atom stereocenters. The van der Waals surface area contributed by atoms with Gasteiger partial charge in [0.1, 0.15) is 0 Å². The number of benzene rings is 1. The topological polar surface area (TPSA) is 3.24 Å². The minimum absolute atomic E-state index is 0.631. The number of halogens is 2. The molecule has 158 valence electrons. The summed E-state index contributed by atoms with van der Waals surface area (Å²) in [5.74, 6) is 2.16. The Morgan fingerprint density at radius 1 is 0.741 bits per heavy atom. The van der Waals surface area contributed by atoms with Crippen molar-refractivity contribution in [1.82, 2.24) is 0 Å². The molecule has 0 N–H and O–H groups in total. The first-order valence-electron chi connectivity index (χ1n) is 11.1. The molecule has 0 aliphatic carbocycles. The van der Waals surface area contributed by atoms with Gasteiger partial charge in [-0.1, -0.05) is 103 Å². The van der Waals surface area contributed by atoms with Crippen LogP contribution in [0.3, 0.4) is 0 Å². The van der Waals surface area contributed by atoms with E-state index in [1.165, 1.54) is 69.9 Å². The summed E-state index contributed by atoms with van der Waals surface area (Å²) in [5, 5.41) is 0. The average molecular weight is 417 g/mol. The molecule has 0 aliphatic heterocycles. The number of alkyl halides is 2. The first-order chi connectivity index (χ1) is 13.2. The molecule has 0 bridgehead atoms. The van der Waals surface area contributed by atoms with Gasteiger partial charge in [-0.05, 0) is 18.1 Å². The fourth-order valence-corrected chi connectivity index (χ4v) is 3.48. The maximum absolute atomic E-state index is 5.70. The van der Waals surface area contributed by atoms with E-state index in [0.717, 1.165) is 19.0 Å². The molecule has 1 aromatic carbocycles. The zero-order valence-electron chi connectivity index (χ0n) is 18.1. The van der Waals surface area contributed by atoms with Gasteiger partial charge in [-0.15, -0.1) is 23.2 Å². The highest BCUT2D eigenvalue weighted by Gasteiger charge is 2.03. The molecule has 0 amide bonds. The van der Waals surface area contributed by atoms with Crippen molar-refractivity contribution in [3.05, 3.63) is 30.3 Å². The Labute approximate surface area is 179 Å². The molecule has 0 fully saturated rings. The predicted octanol–water partition coefficient (Wildman–Crippen LogP) is 8.53. The Balaban J connectivity index is 0.000000501. The molecule has 0 saturated heterocycles. The number of rotatable bonds is 15. The van der Waals surface area contributed by atoms with Crippen molar-refractivity contribution in [3.8, 4) is 0 Å². The van der Waals surface area contributed by atoms with Gasteiger partial charge in [0, 0.05) is 30.5 Å². The van der Waals surface area contributed by atoms with E-state index in [-0.39, 0.29) is 0 Å². The standard InChI is InChI=1S/C14H30.C10H13Cl2N/c1-4-5-6-7-8-9-10-11-12-13-14(2)3;11-6-8-13(9-7-12)10-4-2-1-3-5-10/h14H,4-13H2,1-3H3;1-5H,6-9H2. The molecule has 0 aromatic heterocycles. The number of unbranched alkanes of at least 4 members (excludes halogenated alkanes) is 8. The van der Waals surface area contributed by atoms with Crippen LogP contribution < -0.4 is 4.90 Å². The Morgan fingerprint density at radius 2 is 1.22 bits per heavy atom. The second-order valence-electron chi connectivity index (χ2n) is 7.71. The van der Waals surface area contributed by atoms with E-state index in [1.807, 2.05) is 18.2 Å². The lowest BCUT2D eigenvalue weighted by Crippen LogP contribution is -2.27. The highest BCUT2D eigenvalue weighted by atomic mass is 35.5. The van der Waals surface area contributed by atoms with Crippen LogP contribution in [0.25, 0.3) is 0 Å². The number of hydrogen-bond acceptors (Lipinski definition) is 1. The summed E-state index contributed by atoms with van der Waals surface area (Å²) in [7, 11) is 0. The summed E-state index contributed by atoms with van der Waals surface area (Å²) < 4.78 is 0. The lowest BCUT2D eigenvalue weighted by atomic mass is 10.0. The van der Waals surface area contributed by atoms with E-state index >= 15 is 0 Å². The summed E-state index contributed by atoms with van der Waals surface area (Å²) in [5.41, 5.74) is 1.18.